The van der Waals surface area contributed by atoms with Gasteiger partial charge in [0.1, 0.15) is 5.75 Å². The molecule has 0 saturated carbocycles. The van der Waals surface area contributed by atoms with Gasteiger partial charge in [-0.2, -0.15) is 0 Å². The number of carbonyl (C=O) groups excluding carboxylic acids is 1. The first-order valence-electron chi connectivity index (χ1n) is 5.68. The van der Waals surface area contributed by atoms with Crippen molar-refractivity contribution in [2.24, 2.45) is 0 Å². The third-order valence-electron chi connectivity index (χ3n) is 2.62. The molecule has 1 aromatic heterocycles. The molecule has 0 aliphatic carbocycles. The Morgan fingerprint density at radius 1 is 1.26 bits per heavy atom. The smallest absolute Gasteiger partial charge is 0.338 e. The predicted octanol–water partition coefficient (Wildman–Crippen LogP) is 2.55. The van der Waals surface area contributed by atoms with Crippen LogP contribution in [0.5, 0.6) is 11.6 Å². The number of rotatable bonds is 3. The standard InChI is InChI=1S/C14H14N2O3/c1-9-7-11(3-4-12(9)15)19-13-8-10(5-6-16-13)14(17)18-2/h3-8H,15H2,1-2H3. The molecule has 0 aliphatic heterocycles. The quantitative estimate of drug-likeness (QED) is 0.676. The number of anilines is 1. The Balaban J connectivity index is 2.23. The van der Waals surface area contributed by atoms with Crippen molar-refractivity contribution in [2.75, 3.05) is 12.8 Å². The van der Waals surface area contributed by atoms with Gasteiger partial charge in [-0.25, -0.2) is 9.78 Å². The van der Waals surface area contributed by atoms with Crippen LogP contribution in [0.2, 0.25) is 0 Å². The van der Waals surface area contributed by atoms with Crippen molar-refractivity contribution in [3.63, 3.8) is 0 Å². The molecule has 0 unspecified atom stereocenters. The second kappa shape index (κ2) is 5.39. The fourth-order valence-corrected chi connectivity index (χ4v) is 1.54. The van der Waals surface area contributed by atoms with E-state index in [0.717, 1.165) is 5.56 Å². The highest BCUT2D eigenvalue weighted by molar-refractivity contribution is 5.89. The Morgan fingerprint density at radius 3 is 2.74 bits per heavy atom. The fourth-order valence-electron chi connectivity index (χ4n) is 1.54. The van der Waals surface area contributed by atoms with E-state index in [2.05, 4.69) is 9.72 Å². The molecular weight excluding hydrogens is 244 g/mol. The first-order valence-corrected chi connectivity index (χ1v) is 5.68. The highest BCUT2D eigenvalue weighted by Gasteiger charge is 2.08. The van der Waals surface area contributed by atoms with Crippen LogP contribution in [0.25, 0.3) is 0 Å². The molecule has 2 N–H and O–H groups in total. The Kier molecular flexibility index (Phi) is 3.66. The molecule has 0 saturated heterocycles. The number of aromatic nitrogens is 1. The molecule has 0 fully saturated rings. The summed E-state index contributed by atoms with van der Waals surface area (Å²) < 4.78 is 10.2. The number of nitrogens with zero attached hydrogens (tertiary/aromatic N) is 1. The molecule has 1 aromatic carbocycles. The summed E-state index contributed by atoms with van der Waals surface area (Å²) in [7, 11) is 1.33. The Morgan fingerprint density at radius 2 is 2.05 bits per heavy atom. The molecule has 5 heteroatoms. The number of ether oxygens (including phenoxy) is 2. The Bertz CT molecular complexity index is 611. The van der Waals surface area contributed by atoms with Gasteiger partial charge >= 0.3 is 5.97 Å². The first kappa shape index (κ1) is 12.9. The van der Waals surface area contributed by atoms with Gasteiger partial charge in [-0.15, -0.1) is 0 Å². The van der Waals surface area contributed by atoms with Gasteiger partial charge in [0.05, 0.1) is 12.7 Å². The van der Waals surface area contributed by atoms with Crippen LogP contribution in [-0.2, 0) is 4.74 Å². The molecule has 0 spiro atoms. The second-order valence-electron chi connectivity index (χ2n) is 3.99. The van der Waals surface area contributed by atoms with E-state index >= 15 is 0 Å². The predicted molar refractivity (Wildman–Crippen MR) is 71.2 cm³/mol. The van der Waals surface area contributed by atoms with Crippen molar-refractivity contribution in [2.45, 2.75) is 6.92 Å². The van der Waals surface area contributed by atoms with Crippen LogP contribution in [-0.4, -0.2) is 18.1 Å². The molecule has 0 radical (unpaired) electrons. The molecule has 5 nitrogen and oxygen atoms in total. The number of hydrogen-bond donors (Lipinski definition) is 1. The summed E-state index contributed by atoms with van der Waals surface area (Å²) >= 11 is 0. The Labute approximate surface area is 111 Å². The minimum Gasteiger partial charge on any atom is -0.465 e. The van der Waals surface area contributed by atoms with Crippen molar-refractivity contribution < 1.29 is 14.3 Å². The summed E-state index contributed by atoms with van der Waals surface area (Å²) in [5.41, 5.74) is 7.74. The maximum absolute atomic E-state index is 11.4. The number of aryl methyl sites for hydroxylation is 1. The molecule has 1 heterocycles. The number of carbonyl (C=O) groups is 1. The summed E-state index contributed by atoms with van der Waals surface area (Å²) in [6.07, 6.45) is 1.49. The van der Waals surface area contributed by atoms with Gasteiger partial charge in [0.15, 0.2) is 0 Å². The van der Waals surface area contributed by atoms with Crippen molar-refractivity contribution in [1.29, 1.82) is 0 Å². The van der Waals surface area contributed by atoms with Crippen molar-refractivity contribution >= 4 is 11.7 Å². The van der Waals surface area contributed by atoms with E-state index in [1.165, 1.54) is 19.4 Å². The van der Waals surface area contributed by atoms with Crippen molar-refractivity contribution in [3.05, 3.63) is 47.7 Å². The van der Waals surface area contributed by atoms with Gasteiger partial charge in [-0.05, 0) is 36.8 Å². The maximum Gasteiger partial charge on any atom is 0.338 e. The molecule has 2 rings (SSSR count). The van der Waals surface area contributed by atoms with E-state index in [9.17, 15) is 4.79 Å². The number of nitrogen functional groups attached to an aromatic ring is 1. The largest absolute Gasteiger partial charge is 0.465 e. The lowest BCUT2D eigenvalue weighted by Gasteiger charge is -2.07. The lowest BCUT2D eigenvalue weighted by molar-refractivity contribution is 0.0600. The zero-order valence-corrected chi connectivity index (χ0v) is 10.7. The van der Waals surface area contributed by atoms with Crippen molar-refractivity contribution in [3.8, 4) is 11.6 Å². The lowest BCUT2D eigenvalue weighted by Crippen LogP contribution is -2.01. The summed E-state index contributed by atoms with van der Waals surface area (Å²) in [6.45, 7) is 1.89. The molecular formula is C14H14N2O3. The molecule has 0 amide bonds. The van der Waals surface area contributed by atoms with E-state index in [-0.39, 0.29) is 0 Å². The zero-order chi connectivity index (χ0) is 13.8. The van der Waals surface area contributed by atoms with Crippen LogP contribution in [0.1, 0.15) is 15.9 Å². The van der Waals surface area contributed by atoms with Crippen LogP contribution in [0.4, 0.5) is 5.69 Å². The van der Waals surface area contributed by atoms with Crippen LogP contribution in [0.3, 0.4) is 0 Å². The van der Waals surface area contributed by atoms with Gasteiger partial charge in [-0.1, -0.05) is 0 Å². The minimum atomic E-state index is -0.430. The van der Waals surface area contributed by atoms with Crippen LogP contribution in [0.15, 0.2) is 36.5 Å². The number of pyridine rings is 1. The van der Waals surface area contributed by atoms with Crippen molar-refractivity contribution in [1.82, 2.24) is 4.98 Å². The zero-order valence-electron chi connectivity index (χ0n) is 10.7. The number of hydrogen-bond acceptors (Lipinski definition) is 5. The molecule has 2 aromatic rings. The first-order chi connectivity index (χ1) is 9.10. The van der Waals surface area contributed by atoms with Crippen LogP contribution >= 0.6 is 0 Å². The molecule has 19 heavy (non-hydrogen) atoms. The van der Waals surface area contributed by atoms with Gasteiger partial charge < -0.3 is 15.2 Å². The van der Waals surface area contributed by atoms with E-state index < -0.39 is 5.97 Å². The molecule has 98 valence electrons. The third-order valence-corrected chi connectivity index (χ3v) is 2.62. The van der Waals surface area contributed by atoms with E-state index in [1.807, 2.05) is 13.0 Å². The second-order valence-corrected chi connectivity index (χ2v) is 3.99. The highest BCUT2D eigenvalue weighted by Crippen LogP contribution is 2.23. The van der Waals surface area contributed by atoms with Crippen LogP contribution in [0, 0.1) is 6.92 Å². The average molecular weight is 258 g/mol. The summed E-state index contributed by atoms with van der Waals surface area (Å²) in [5, 5.41) is 0. The third kappa shape index (κ3) is 3.01. The van der Waals surface area contributed by atoms with E-state index in [0.29, 0.717) is 22.9 Å². The number of methoxy groups -OCH3 is 1. The SMILES string of the molecule is COC(=O)c1ccnc(Oc2ccc(N)c(C)c2)c1. The molecule has 0 atom stereocenters. The molecule has 0 bridgehead atoms. The number of esters is 1. The van der Waals surface area contributed by atoms with Gasteiger partial charge in [0, 0.05) is 18.0 Å². The monoisotopic (exact) mass is 258 g/mol. The van der Waals surface area contributed by atoms with Gasteiger partial charge in [0.2, 0.25) is 5.88 Å². The minimum absolute atomic E-state index is 0.326. The Hall–Kier alpha value is -2.56. The number of benzene rings is 1. The topological polar surface area (TPSA) is 74.4 Å². The fraction of sp³-hybridized carbons (Fsp3) is 0.143. The van der Waals surface area contributed by atoms with E-state index in [4.69, 9.17) is 10.5 Å². The van der Waals surface area contributed by atoms with Gasteiger partial charge in [-0.3, -0.25) is 0 Å². The van der Waals surface area contributed by atoms with E-state index in [1.54, 1.807) is 18.2 Å². The maximum atomic E-state index is 11.4. The summed E-state index contributed by atoms with van der Waals surface area (Å²) in [6, 6.07) is 8.40. The highest BCUT2D eigenvalue weighted by atomic mass is 16.5. The van der Waals surface area contributed by atoms with Gasteiger partial charge in [0.25, 0.3) is 0 Å². The summed E-state index contributed by atoms with van der Waals surface area (Å²) in [4.78, 5) is 15.4. The van der Waals surface area contributed by atoms with Crippen LogP contribution < -0.4 is 10.5 Å². The summed E-state index contributed by atoms with van der Waals surface area (Å²) in [5.74, 6) is 0.508. The lowest BCUT2D eigenvalue weighted by atomic mass is 10.2. The molecule has 0 aliphatic rings. The normalized spacial score (nSPS) is 10.0. The number of nitrogens with two attached hydrogens (primary N) is 1. The average Bonchev–Trinajstić information content (AvgIpc) is 2.42.